The Morgan fingerprint density at radius 3 is 2.65 bits per heavy atom. The minimum Gasteiger partial charge on any atom is -0.497 e. The summed E-state index contributed by atoms with van der Waals surface area (Å²) in [7, 11) is 1.63. The summed E-state index contributed by atoms with van der Waals surface area (Å²) in [5.41, 5.74) is 3.22. The van der Waals surface area contributed by atoms with E-state index in [-0.39, 0.29) is 18.4 Å². The van der Waals surface area contributed by atoms with Crippen LogP contribution in [0.4, 0.5) is 0 Å². The number of hydrazone groups is 1. The maximum absolute atomic E-state index is 13.4. The Labute approximate surface area is 184 Å². The topological polar surface area (TPSA) is 67.1 Å². The van der Waals surface area contributed by atoms with Crippen LogP contribution in [0.5, 0.6) is 5.75 Å². The van der Waals surface area contributed by atoms with Crippen molar-refractivity contribution in [1.82, 2.24) is 14.5 Å². The molecule has 0 bridgehead atoms. The van der Waals surface area contributed by atoms with E-state index in [1.54, 1.807) is 18.4 Å². The number of likely N-dealkylation sites (tertiary alicyclic amines) is 1. The molecule has 160 valence electrons. The predicted molar refractivity (Wildman–Crippen MR) is 121 cm³/mol. The zero-order valence-corrected chi connectivity index (χ0v) is 18.2. The Morgan fingerprint density at radius 2 is 1.90 bits per heavy atom. The van der Waals surface area contributed by atoms with Gasteiger partial charge in [0.2, 0.25) is 5.91 Å². The van der Waals surface area contributed by atoms with E-state index in [2.05, 4.69) is 5.10 Å². The molecule has 0 aliphatic carbocycles. The number of ether oxygens (including phenoxy) is 1. The summed E-state index contributed by atoms with van der Waals surface area (Å²) in [5, 5.41) is 8.06. The fourth-order valence-electron chi connectivity index (χ4n) is 4.24. The lowest BCUT2D eigenvalue weighted by Crippen LogP contribution is -2.43. The summed E-state index contributed by atoms with van der Waals surface area (Å²) >= 11 is 1.61. The number of nitrogens with zero attached hydrogens (tertiary/aromatic N) is 4. The van der Waals surface area contributed by atoms with Gasteiger partial charge in [-0.2, -0.15) is 5.10 Å². The summed E-state index contributed by atoms with van der Waals surface area (Å²) in [6.07, 6.45) is 3.18. The molecular weight excluding hydrogens is 412 g/mol. The third-order valence-corrected chi connectivity index (χ3v) is 6.80. The van der Waals surface area contributed by atoms with E-state index in [4.69, 9.17) is 4.74 Å². The number of methoxy groups -OCH3 is 1. The molecule has 0 atom stereocenters. The lowest BCUT2D eigenvalue weighted by molar-refractivity contribution is -0.132. The van der Waals surface area contributed by atoms with Gasteiger partial charge in [-0.25, -0.2) is 5.01 Å². The first kappa shape index (κ1) is 19.8. The van der Waals surface area contributed by atoms with Crippen molar-refractivity contribution in [3.8, 4) is 5.75 Å². The van der Waals surface area contributed by atoms with Gasteiger partial charge in [0.25, 0.3) is 5.91 Å². The number of fused-ring (bicyclic) bond motifs is 3. The quantitative estimate of drug-likeness (QED) is 0.628. The summed E-state index contributed by atoms with van der Waals surface area (Å²) in [6.45, 7) is 1.92. The van der Waals surface area contributed by atoms with Crippen LogP contribution < -0.4 is 4.74 Å². The number of carbonyl (C=O) groups is 2. The maximum atomic E-state index is 13.4. The van der Waals surface area contributed by atoms with Crippen LogP contribution in [0, 0.1) is 0 Å². The van der Waals surface area contributed by atoms with E-state index in [1.165, 1.54) is 5.01 Å². The smallest absolute Gasteiger partial charge is 0.291 e. The molecule has 1 aromatic carbocycles. The minimum absolute atomic E-state index is 0.0443. The first-order valence-electron chi connectivity index (χ1n) is 10.5. The Morgan fingerprint density at radius 1 is 1.13 bits per heavy atom. The summed E-state index contributed by atoms with van der Waals surface area (Å²) in [4.78, 5) is 28.2. The van der Waals surface area contributed by atoms with E-state index >= 15 is 0 Å². The van der Waals surface area contributed by atoms with Gasteiger partial charge in [0.05, 0.1) is 29.6 Å². The monoisotopic (exact) mass is 436 g/mol. The number of aromatic nitrogens is 1. The highest BCUT2D eigenvalue weighted by atomic mass is 32.1. The standard InChI is InChI=1S/C23H24N4O3S/c1-30-17-7-5-16(6-8-17)18-14-26-19-9-12-31-21(19)13-20(26)23(29)27(24-18)15-22(28)25-10-3-2-4-11-25/h5-9,12-13H,2-4,10-11,14-15H2,1H3. The van der Waals surface area contributed by atoms with Gasteiger partial charge >= 0.3 is 0 Å². The number of benzene rings is 1. The van der Waals surface area contributed by atoms with E-state index in [9.17, 15) is 9.59 Å². The number of thiophene rings is 1. The van der Waals surface area contributed by atoms with Crippen molar-refractivity contribution in [3.05, 3.63) is 53.0 Å². The molecule has 7 nitrogen and oxygen atoms in total. The number of rotatable bonds is 4. The van der Waals surface area contributed by atoms with Crippen molar-refractivity contribution < 1.29 is 14.3 Å². The highest BCUT2D eigenvalue weighted by Gasteiger charge is 2.30. The SMILES string of the molecule is COc1ccc(C2=NN(CC(=O)N3CCCCC3)C(=O)c3cc4sccc4n3C2)cc1. The van der Waals surface area contributed by atoms with Crippen molar-refractivity contribution in [3.63, 3.8) is 0 Å². The third kappa shape index (κ3) is 3.72. The highest BCUT2D eigenvalue weighted by molar-refractivity contribution is 7.17. The summed E-state index contributed by atoms with van der Waals surface area (Å²) < 4.78 is 8.33. The van der Waals surface area contributed by atoms with Gasteiger partial charge < -0.3 is 14.2 Å². The van der Waals surface area contributed by atoms with Crippen LogP contribution in [0.2, 0.25) is 0 Å². The summed E-state index contributed by atoms with van der Waals surface area (Å²) in [5.74, 6) is 0.470. The Kier molecular flexibility index (Phi) is 5.23. The molecule has 5 rings (SSSR count). The molecule has 3 aromatic rings. The Bertz CT molecular complexity index is 1160. The van der Waals surface area contributed by atoms with Crippen LogP contribution in [0.3, 0.4) is 0 Å². The molecule has 2 amide bonds. The average Bonchev–Trinajstić information content (AvgIpc) is 3.37. The molecule has 0 spiro atoms. The largest absolute Gasteiger partial charge is 0.497 e. The van der Waals surface area contributed by atoms with Crippen LogP contribution in [-0.2, 0) is 11.3 Å². The molecule has 1 saturated heterocycles. The van der Waals surface area contributed by atoms with Crippen LogP contribution >= 0.6 is 11.3 Å². The van der Waals surface area contributed by atoms with Crippen molar-refractivity contribution in [2.75, 3.05) is 26.7 Å². The minimum atomic E-state index is -0.239. The fraction of sp³-hybridized carbons (Fsp3) is 0.348. The first-order chi connectivity index (χ1) is 15.1. The maximum Gasteiger partial charge on any atom is 0.291 e. The molecule has 0 N–H and O–H groups in total. The molecule has 2 aliphatic heterocycles. The lowest BCUT2D eigenvalue weighted by Gasteiger charge is -2.28. The van der Waals surface area contributed by atoms with Gasteiger partial charge in [-0.1, -0.05) is 0 Å². The third-order valence-electron chi connectivity index (χ3n) is 5.94. The predicted octanol–water partition coefficient (Wildman–Crippen LogP) is 3.58. The van der Waals surface area contributed by atoms with Crippen LogP contribution in [0.25, 0.3) is 10.2 Å². The Hall–Kier alpha value is -3.13. The second-order valence-corrected chi connectivity index (χ2v) is 8.81. The highest BCUT2D eigenvalue weighted by Crippen LogP contribution is 2.28. The van der Waals surface area contributed by atoms with Gasteiger partial charge in [0, 0.05) is 13.1 Å². The van der Waals surface area contributed by atoms with Crippen LogP contribution in [-0.4, -0.2) is 58.7 Å². The second kappa shape index (κ2) is 8.19. The fourth-order valence-corrected chi connectivity index (χ4v) is 5.06. The van der Waals surface area contributed by atoms with Crippen molar-refractivity contribution in [2.24, 2.45) is 5.10 Å². The van der Waals surface area contributed by atoms with Crippen molar-refractivity contribution >= 4 is 39.1 Å². The van der Waals surface area contributed by atoms with E-state index in [0.29, 0.717) is 12.2 Å². The van der Waals surface area contributed by atoms with Crippen LogP contribution in [0.1, 0.15) is 35.3 Å². The number of hydrogen-bond donors (Lipinski definition) is 0. The average molecular weight is 437 g/mol. The zero-order valence-electron chi connectivity index (χ0n) is 17.4. The molecule has 4 heterocycles. The van der Waals surface area contributed by atoms with Gasteiger partial charge in [-0.05, 0) is 66.6 Å². The lowest BCUT2D eigenvalue weighted by atomic mass is 10.1. The van der Waals surface area contributed by atoms with Crippen molar-refractivity contribution in [2.45, 2.75) is 25.8 Å². The number of carbonyl (C=O) groups excluding carboxylic acids is 2. The van der Waals surface area contributed by atoms with E-state index in [1.807, 2.05) is 51.2 Å². The van der Waals surface area contributed by atoms with Crippen LogP contribution in [0.15, 0.2) is 46.9 Å². The molecule has 2 aromatic heterocycles. The van der Waals surface area contributed by atoms with Gasteiger partial charge in [-0.15, -0.1) is 11.3 Å². The number of amides is 2. The van der Waals surface area contributed by atoms with Gasteiger partial charge in [-0.3, -0.25) is 9.59 Å². The summed E-state index contributed by atoms with van der Waals surface area (Å²) in [6, 6.07) is 11.6. The Balaban J connectivity index is 1.53. The molecule has 1 fully saturated rings. The second-order valence-electron chi connectivity index (χ2n) is 7.87. The number of hydrogen-bond acceptors (Lipinski definition) is 5. The first-order valence-corrected chi connectivity index (χ1v) is 11.4. The normalized spacial score (nSPS) is 16.8. The van der Waals surface area contributed by atoms with Gasteiger partial charge in [0.1, 0.15) is 18.0 Å². The van der Waals surface area contributed by atoms with Crippen molar-refractivity contribution in [1.29, 1.82) is 0 Å². The van der Waals surface area contributed by atoms with E-state index in [0.717, 1.165) is 59.6 Å². The zero-order chi connectivity index (χ0) is 21.4. The molecule has 0 radical (unpaired) electrons. The molecule has 8 heteroatoms. The van der Waals surface area contributed by atoms with E-state index < -0.39 is 0 Å². The molecule has 0 unspecified atom stereocenters. The van der Waals surface area contributed by atoms with Gasteiger partial charge in [0.15, 0.2) is 0 Å². The molecule has 31 heavy (non-hydrogen) atoms. The molecular formula is C23H24N4O3S. The molecule has 0 saturated carbocycles. The number of piperidine rings is 1. The molecule has 2 aliphatic rings.